The molecule has 1 aromatic carbocycles. The van der Waals surface area contributed by atoms with Crippen molar-refractivity contribution in [1.82, 2.24) is 19.9 Å². The minimum absolute atomic E-state index is 0.0691. The van der Waals surface area contributed by atoms with Crippen molar-refractivity contribution in [2.45, 2.75) is 44.3 Å². The number of aromatic amines is 1. The van der Waals surface area contributed by atoms with Crippen LogP contribution >= 0.6 is 7.14 Å². The molecule has 6 rings (SSSR count). The zero-order chi connectivity index (χ0) is 26.5. The molecule has 3 aliphatic rings. The van der Waals surface area contributed by atoms with E-state index in [-0.39, 0.29) is 22.8 Å². The van der Waals surface area contributed by atoms with Gasteiger partial charge in [-0.05, 0) is 49.8 Å². The average Bonchev–Trinajstić information content (AvgIpc) is 3.61. The summed E-state index contributed by atoms with van der Waals surface area (Å²) in [6.07, 6.45) is 3.43. The number of hydrogen-bond donors (Lipinski definition) is 3. The van der Waals surface area contributed by atoms with Crippen LogP contribution in [0.3, 0.4) is 0 Å². The number of alkyl halides is 3. The highest BCUT2D eigenvalue weighted by Gasteiger charge is 2.38. The number of fused-ring (bicyclic) bond motifs is 1. The number of nitrogens with zero attached hydrogens (tertiary/aromatic N) is 3. The van der Waals surface area contributed by atoms with Gasteiger partial charge in [0.1, 0.15) is 24.4 Å². The van der Waals surface area contributed by atoms with E-state index in [0.717, 1.165) is 43.9 Å². The summed E-state index contributed by atoms with van der Waals surface area (Å²) < 4.78 is 60.4. The first kappa shape index (κ1) is 25.5. The number of methoxy groups -OCH3 is 1. The standard InChI is InChI=1S/C26H32F3N6O2P/c1-37-21-13-18(38(36)11-9-35(10-12-38)17-5-6-17)7-8-20(21)32-25-33-23(30-14-16-3-2-4-16)22-19(26(27,28)29)15-31-24(22)34-25/h7-8,13,15-17H,2-6,9-12,14H2,1H3,(H3,30,31,32,33,34). The fourth-order valence-corrected chi connectivity index (χ4v) is 8.00. The van der Waals surface area contributed by atoms with Crippen LogP contribution in [0.2, 0.25) is 0 Å². The number of anilines is 3. The number of rotatable bonds is 8. The third-order valence-electron chi connectivity index (χ3n) is 8.08. The van der Waals surface area contributed by atoms with E-state index in [1.807, 2.05) is 6.07 Å². The Kier molecular flexibility index (Phi) is 6.54. The number of halogens is 3. The van der Waals surface area contributed by atoms with Crippen molar-refractivity contribution >= 4 is 40.9 Å². The second-order valence-electron chi connectivity index (χ2n) is 10.6. The normalized spacial score (nSPS) is 20.3. The van der Waals surface area contributed by atoms with E-state index in [1.54, 1.807) is 12.1 Å². The molecular weight excluding hydrogens is 516 g/mol. The first-order valence-electron chi connectivity index (χ1n) is 13.2. The van der Waals surface area contributed by atoms with Gasteiger partial charge >= 0.3 is 6.18 Å². The minimum Gasteiger partial charge on any atom is -0.495 e. The Hall–Kier alpha value is -2.78. The van der Waals surface area contributed by atoms with Crippen molar-refractivity contribution in [3.8, 4) is 5.75 Å². The smallest absolute Gasteiger partial charge is 0.418 e. The summed E-state index contributed by atoms with van der Waals surface area (Å²) in [5.41, 5.74) is -0.158. The number of aromatic nitrogens is 3. The van der Waals surface area contributed by atoms with Gasteiger partial charge in [0.25, 0.3) is 0 Å². The van der Waals surface area contributed by atoms with Crippen LogP contribution < -0.4 is 20.7 Å². The van der Waals surface area contributed by atoms with E-state index in [4.69, 9.17) is 4.74 Å². The quantitative estimate of drug-likeness (QED) is 0.324. The van der Waals surface area contributed by atoms with E-state index < -0.39 is 18.9 Å². The van der Waals surface area contributed by atoms with Crippen molar-refractivity contribution in [2.24, 2.45) is 5.92 Å². The van der Waals surface area contributed by atoms with Gasteiger partial charge in [0.15, 0.2) is 0 Å². The predicted octanol–water partition coefficient (Wildman–Crippen LogP) is 5.41. The van der Waals surface area contributed by atoms with Crippen molar-refractivity contribution in [1.29, 1.82) is 0 Å². The highest BCUT2D eigenvalue weighted by molar-refractivity contribution is 7.71. The van der Waals surface area contributed by atoms with Gasteiger partial charge in [0.2, 0.25) is 5.95 Å². The molecule has 3 fully saturated rings. The Morgan fingerprint density at radius 3 is 2.55 bits per heavy atom. The van der Waals surface area contributed by atoms with E-state index in [9.17, 15) is 17.7 Å². The summed E-state index contributed by atoms with van der Waals surface area (Å²) in [5, 5.41) is 6.96. The van der Waals surface area contributed by atoms with Crippen LogP contribution in [0.5, 0.6) is 5.75 Å². The molecule has 0 unspecified atom stereocenters. The van der Waals surface area contributed by atoms with Crippen molar-refractivity contribution in [3.63, 3.8) is 0 Å². The van der Waals surface area contributed by atoms with Crippen LogP contribution in [-0.2, 0) is 10.7 Å². The lowest BCUT2D eigenvalue weighted by atomic mass is 9.85. The monoisotopic (exact) mass is 548 g/mol. The van der Waals surface area contributed by atoms with Crippen LogP contribution in [0, 0.1) is 5.92 Å². The molecule has 0 amide bonds. The molecule has 0 radical (unpaired) electrons. The molecule has 1 saturated heterocycles. The Morgan fingerprint density at radius 2 is 1.92 bits per heavy atom. The number of hydrogen-bond acceptors (Lipinski definition) is 7. The Balaban J connectivity index is 1.27. The molecule has 2 saturated carbocycles. The van der Waals surface area contributed by atoms with Crippen LogP contribution in [-0.4, -0.2) is 65.0 Å². The minimum atomic E-state index is -4.53. The predicted molar refractivity (Wildman–Crippen MR) is 143 cm³/mol. The fraction of sp³-hybridized carbons (Fsp3) is 0.538. The van der Waals surface area contributed by atoms with Gasteiger partial charge in [-0.25, -0.2) is 0 Å². The first-order chi connectivity index (χ1) is 18.2. The zero-order valence-electron chi connectivity index (χ0n) is 21.3. The molecule has 12 heteroatoms. The molecule has 3 heterocycles. The molecule has 2 aromatic heterocycles. The number of H-pyrrole nitrogens is 1. The molecular formula is C26H32F3N6O2P. The molecule has 0 atom stereocenters. The maximum absolute atomic E-state index is 13.8. The van der Waals surface area contributed by atoms with E-state index in [1.165, 1.54) is 20.0 Å². The number of nitrogens with one attached hydrogen (secondary N) is 3. The van der Waals surface area contributed by atoms with Gasteiger partial charge < -0.3 is 24.9 Å². The van der Waals surface area contributed by atoms with Gasteiger partial charge in [-0.3, -0.25) is 4.90 Å². The molecule has 3 N–H and O–H groups in total. The highest BCUT2D eigenvalue weighted by atomic mass is 31.2. The number of benzene rings is 1. The SMILES string of the molecule is COc1cc(P2(=O)CCN(C3CC3)CC2)ccc1Nc1nc(NCC2CCC2)c2c(C(F)(F)F)c[nH]c2n1. The number of ether oxygens (including phenoxy) is 1. The van der Waals surface area contributed by atoms with Crippen LogP contribution in [0.25, 0.3) is 11.0 Å². The molecule has 0 bridgehead atoms. The van der Waals surface area contributed by atoms with E-state index in [2.05, 4.69) is 30.5 Å². The summed E-state index contributed by atoms with van der Waals surface area (Å²) in [4.78, 5) is 13.9. The van der Waals surface area contributed by atoms with E-state index in [0.29, 0.717) is 42.3 Å². The third-order valence-corrected chi connectivity index (χ3v) is 11.1. The lowest BCUT2D eigenvalue weighted by Gasteiger charge is -2.32. The molecule has 204 valence electrons. The van der Waals surface area contributed by atoms with Crippen LogP contribution in [0.4, 0.5) is 30.6 Å². The zero-order valence-corrected chi connectivity index (χ0v) is 22.2. The largest absolute Gasteiger partial charge is 0.495 e. The maximum atomic E-state index is 13.8. The molecule has 3 aromatic rings. The molecule has 2 aliphatic carbocycles. The lowest BCUT2D eigenvalue weighted by Crippen LogP contribution is -2.38. The Morgan fingerprint density at radius 1 is 1.16 bits per heavy atom. The molecule has 8 nitrogen and oxygen atoms in total. The highest BCUT2D eigenvalue weighted by Crippen LogP contribution is 2.49. The van der Waals surface area contributed by atoms with Crippen molar-refractivity contribution < 1.29 is 22.5 Å². The van der Waals surface area contributed by atoms with Gasteiger partial charge in [-0.1, -0.05) is 6.42 Å². The van der Waals surface area contributed by atoms with Crippen LogP contribution in [0.15, 0.2) is 24.4 Å². The summed E-state index contributed by atoms with van der Waals surface area (Å²) in [6.45, 7) is 2.26. The van der Waals surface area contributed by atoms with Crippen LogP contribution in [0.1, 0.15) is 37.7 Å². The lowest BCUT2D eigenvalue weighted by molar-refractivity contribution is -0.136. The molecule has 0 spiro atoms. The van der Waals surface area contributed by atoms with Crippen molar-refractivity contribution in [2.75, 3.05) is 49.7 Å². The Bertz CT molecular complexity index is 1370. The van der Waals surface area contributed by atoms with Gasteiger partial charge in [0.05, 0.1) is 23.7 Å². The Labute approximate surface area is 219 Å². The topological polar surface area (TPSA) is 95.2 Å². The summed E-state index contributed by atoms with van der Waals surface area (Å²) in [5.74, 6) is 1.19. The summed E-state index contributed by atoms with van der Waals surface area (Å²) in [6, 6.07) is 6.11. The van der Waals surface area contributed by atoms with Crippen molar-refractivity contribution in [3.05, 3.63) is 30.0 Å². The fourth-order valence-electron chi connectivity index (χ4n) is 5.40. The maximum Gasteiger partial charge on any atom is 0.418 e. The third kappa shape index (κ3) is 4.98. The first-order valence-corrected chi connectivity index (χ1v) is 15.3. The van der Waals surface area contributed by atoms with Gasteiger partial charge in [-0.2, -0.15) is 23.1 Å². The van der Waals surface area contributed by atoms with Gasteiger partial charge in [0, 0.05) is 49.5 Å². The second-order valence-corrected chi connectivity index (χ2v) is 13.8. The molecule has 38 heavy (non-hydrogen) atoms. The summed E-state index contributed by atoms with van der Waals surface area (Å²) >= 11 is 0. The molecule has 1 aliphatic heterocycles. The second kappa shape index (κ2) is 9.75. The van der Waals surface area contributed by atoms with Gasteiger partial charge in [-0.15, -0.1) is 0 Å². The average molecular weight is 549 g/mol. The summed E-state index contributed by atoms with van der Waals surface area (Å²) in [7, 11) is -0.996. The van der Waals surface area contributed by atoms with E-state index >= 15 is 0 Å².